The van der Waals surface area contributed by atoms with Gasteiger partial charge in [0.2, 0.25) is 0 Å². The Kier molecular flexibility index (Phi) is 8.17. The van der Waals surface area contributed by atoms with Crippen molar-refractivity contribution in [3.63, 3.8) is 0 Å². The third kappa shape index (κ3) is 6.77. The predicted molar refractivity (Wildman–Crippen MR) is 94.3 cm³/mol. The summed E-state index contributed by atoms with van der Waals surface area (Å²) in [5.74, 6) is -0.855. The van der Waals surface area contributed by atoms with E-state index in [1.54, 1.807) is 0 Å². The fourth-order valence-corrected chi connectivity index (χ4v) is 8.11. The molecule has 0 aliphatic carbocycles. The summed E-state index contributed by atoms with van der Waals surface area (Å²) in [6.07, 6.45) is -0.352. The molecule has 0 unspecified atom stereocenters. The fraction of sp³-hybridized carbons (Fsp3) is 0.385. The molecule has 0 spiro atoms. The Morgan fingerprint density at radius 3 is 1.89 bits per heavy atom. The van der Waals surface area contributed by atoms with E-state index in [1.165, 1.54) is 37.3 Å². The molecule has 0 heterocycles. The Bertz CT molecular complexity index is 894. The number of rotatable bonds is 8. The minimum absolute atomic E-state index is 0.0406. The van der Waals surface area contributed by atoms with Crippen LogP contribution in [0.5, 0.6) is 0 Å². The Hall–Kier alpha value is -1.07. The molecule has 0 radical (unpaired) electrons. The summed E-state index contributed by atoms with van der Waals surface area (Å²) < 4.78 is 129. The van der Waals surface area contributed by atoms with Crippen molar-refractivity contribution in [1.29, 1.82) is 0 Å². The zero-order valence-corrected chi connectivity index (χ0v) is 17.6. The number of hydrogen-bond donors (Lipinski definition) is 0. The Morgan fingerprint density at radius 2 is 1.46 bits per heavy atom. The van der Waals surface area contributed by atoms with E-state index in [4.69, 9.17) is 0 Å². The second-order valence-electron chi connectivity index (χ2n) is 4.84. The van der Waals surface area contributed by atoms with E-state index >= 15 is 0 Å². The summed E-state index contributed by atoms with van der Waals surface area (Å²) in [6.45, 7) is 1.44. The molecule has 162 valence electrons. The average molecular weight is 570 g/mol. The van der Waals surface area contributed by atoms with E-state index in [0.717, 1.165) is 0 Å². The summed E-state index contributed by atoms with van der Waals surface area (Å²) in [6, 6.07) is 6.54. The van der Waals surface area contributed by atoms with Crippen molar-refractivity contribution >= 4 is 40.5 Å². The van der Waals surface area contributed by atoms with Crippen molar-refractivity contribution in [2.75, 3.05) is 0 Å². The molecule has 0 atom stereocenters. The SMILES string of the molecule is CCC/C(=C\I(OS(=O)(=O)C(F)(F)F)c1ccccc1)OS(=O)(=O)C(F)(F)F. The number of hydrogen-bond acceptors (Lipinski definition) is 6. The van der Waals surface area contributed by atoms with E-state index in [-0.39, 0.29) is 9.99 Å². The molecule has 1 rings (SSSR count). The Balaban J connectivity index is 3.42. The van der Waals surface area contributed by atoms with Crippen LogP contribution in [0.1, 0.15) is 19.8 Å². The van der Waals surface area contributed by atoms with Gasteiger partial charge in [0.05, 0.1) is 0 Å². The maximum atomic E-state index is 12.6. The molecule has 0 amide bonds. The van der Waals surface area contributed by atoms with Crippen LogP contribution in [-0.4, -0.2) is 27.9 Å². The van der Waals surface area contributed by atoms with Crippen LogP contribution in [0, 0.1) is 3.57 Å². The van der Waals surface area contributed by atoms with Crippen LogP contribution in [0.25, 0.3) is 0 Å². The molecule has 0 aromatic heterocycles. The van der Waals surface area contributed by atoms with Crippen molar-refractivity contribution < 1.29 is 49.9 Å². The third-order valence-electron chi connectivity index (χ3n) is 2.60. The van der Waals surface area contributed by atoms with Crippen LogP contribution in [0.4, 0.5) is 26.3 Å². The average Bonchev–Trinajstić information content (AvgIpc) is 2.52. The van der Waals surface area contributed by atoms with E-state index in [9.17, 15) is 43.2 Å². The van der Waals surface area contributed by atoms with Gasteiger partial charge < -0.3 is 0 Å². The summed E-state index contributed by atoms with van der Waals surface area (Å²) in [7, 11) is -12.2. The molecule has 1 aromatic rings. The van der Waals surface area contributed by atoms with Crippen molar-refractivity contribution in [3.8, 4) is 0 Å². The van der Waals surface area contributed by atoms with Crippen LogP contribution in [0.15, 0.2) is 40.2 Å². The van der Waals surface area contributed by atoms with Gasteiger partial charge in [0, 0.05) is 0 Å². The topological polar surface area (TPSA) is 86.7 Å². The first-order valence-electron chi connectivity index (χ1n) is 7.07. The fourth-order valence-electron chi connectivity index (χ4n) is 1.44. The van der Waals surface area contributed by atoms with Crippen LogP contribution in [0.2, 0.25) is 0 Å². The molecule has 0 aliphatic rings. The molecular formula is C13H13F6IO6S2. The van der Waals surface area contributed by atoms with Gasteiger partial charge in [-0.1, -0.05) is 0 Å². The van der Waals surface area contributed by atoms with Gasteiger partial charge >= 0.3 is 165 Å². The third-order valence-corrected chi connectivity index (χ3v) is 10.3. The van der Waals surface area contributed by atoms with E-state index in [1.807, 2.05) is 0 Å². The first-order valence-corrected chi connectivity index (χ1v) is 13.1. The maximum absolute atomic E-state index is 12.6. The monoisotopic (exact) mass is 570 g/mol. The molecule has 0 saturated carbocycles. The standard InChI is InChI=1S/C13H13F6IO6S2/c1-2-6-11(25-27(21,22)12(14,15)16)9-20(10-7-4-3-5-8-10)26-28(23,24)13(17,18)19/h3-5,7-9H,2,6H2,1H3/b11-9+. The first kappa shape index (κ1) is 25.0. The number of allylic oxidation sites excluding steroid dienone is 1. The normalized spacial score (nSPS) is 14.7. The second kappa shape index (κ2) is 9.17. The Labute approximate surface area is 164 Å². The van der Waals surface area contributed by atoms with Gasteiger partial charge in [-0.05, 0) is 0 Å². The quantitative estimate of drug-likeness (QED) is 0.149. The van der Waals surface area contributed by atoms with Crippen molar-refractivity contribution in [2.24, 2.45) is 0 Å². The molecule has 0 fully saturated rings. The number of benzene rings is 1. The molecule has 15 heteroatoms. The first-order chi connectivity index (χ1) is 12.6. The van der Waals surface area contributed by atoms with Gasteiger partial charge in [-0.25, -0.2) is 0 Å². The van der Waals surface area contributed by atoms with Gasteiger partial charge in [0.1, 0.15) is 0 Å². The van der Waals surface area contributed by atoms with Gasteiger partial charge in [-0.15, -0.1) is 0 Å². The van der Waals surface area contributed by atoms with Gasteiger partial charge in [0.25, 0.3) is 0 Å². The van der Waals surface area contributed by atoms with Gasteiger partial charge in [-0.2, -0.15) is 0 Å². The molecule has 1 aromatic carbocycles. The molecule has 6 nitrogen and oxygen atoms in total. The number of alkyl halides is 6. The van der Waals surface area contributed by atoms with Crippen LogP contribution in [-0.2, 0) is 26.9 Å². The molecule has 0 saturated heterocycles. The van der Waals surface area contributed by atoms with Gasteiger partial charge in [0.15, 0.2) is 0 Å². The summed E-state index contributed by atoms with van der Waals surface area (Å²) in [4.78, 5) is 0. The second-order valence-corrected chi connectivity index (χ2v) is 12.4. The van der Waals surface area contributed by atoms with E-state index in [2.05, 4.69) is 6.70 Å². The molecule has 0 aliphatic heterocycles. The summed E-state index contributed by atoms with van der Waals surface area (Å²) in [5, 5.41) is 0. The van der Waals surface area contributed by atoms with Crippen LogP contribution >= 0.6 is 20.2 Å². The zero-order valence-electron chi connectivity index (χ0n) is 13.8. The molecule has 0 bridgehead atoms. The van der Waals surface area contributed by atoms with Crippen LogP contribution < -0.4 is 0 Å². The predicted octanol–water partition coefficient (Wildman–Crippen LogP) is 4.65. The molecule has 0 N–H and O–H groups in total. The van der Waals surface area contributed by atoms with E-state index < -0.39 is 63.7 Å². The van der Waals surface area contributed by atoms with Crippen LogP contribution in [0.3, 0.4) is 0 Å². The Morgan fingerprint density at radius 1 is 0.964 bits per heavy atom. The van der Waals surface area contributed by atoms with Crippen molar-refractivity contribution in [1.82, 2.24) is 0 Å². The summed E-state index contributed by atoms with van der Waals surface area (Å²) >= 11 is -3.99. The van der Waals surface area contributed by atoms with Crippen molar-refractivity contribution in [2.45, 2.75) is 30.8 Å². The van der Waals surface area contributed by atoms with E-state index in [0.29, 0.717) is 4.08 Å². The zero-order chi connectivity index (χ0) is 21.8. The molecular weight excluding hydrogens is 557 g/mol. The number of halogens is 7. The van der Waals surface area contributed by atoms with Crippen molar-refractivity contribution in [3.05, 3.63) is 43.7 Å². The summed E-state index contributed by atoms with van der Waals surface area (Å²) in [5.41, 5.74) is -11.5. The molecule has 28 heavy (non-hydrogen) atoms. The minimum atomic E-state index is -6.09. The van der Waals surface area contributed by atoms with Gasteiger partial charge in [-0.3, -0.25) is 0 Å².